The fourth-order valence-electron chi connectivity index (χ4n) is 7.74. The molecule has 4 heterocycles. The number of piperazine rings is 1. The molecule has 0 aromatic heterocycles. The first-order valence-corrected chi connectivity index (χ1v) is 18.4. The summed E-state index contributed by atoms with van der Waals surface area (Å²) in [6, 6.07) is 4.44. The van der Waals surface area contributed by atoms with Crippen molar-refractivity contribution in [3.63, 3.8) is 0 Å². The Morgan fingerprint density at radius 1 is 1.11 bits per heavy atom. The van der Waals surface area contributed by atoms with Crippen molar-refractivity contribution >= 4 is 33.2 Å². The van der Waals surface area contributed by atoms with E-state index in [0.29, 0.717) is 55.9 Å². The first kappa shape index (κ1) is 32.7. The lowest BCUT2D eigenvalue weighted by atomic mass is 9.99. The monoisotopic (exact) mass is 659 g/mol. The lowest BCUT2D eigenvalue weighted by Gasteiger charge is -2.52. The zero-order valence-electron chi connectivity index (χ0n) is 27.5. The Bertz CT molecular complexity index is 1490. The average Bonchev–Trinajstić information content (AvgIpc) is 3.54. The number of aryl methyl sites for hydroxylation is 1. The third kappa shape index (κ3) is 6.34. The molecule has 0 spiro atoms. The number of nitrogens with one attached hydrogen (secondary N) is 3. The lowest BCUT2D eigenvalue weighted by Crippen LogP contribution is -2.76. The van der Waals surface area contributed by atoms with Gasteiger partial charge in [0, 0.05) is 64.5 Å². The number of carbonyl (C=O) groups is 2. The molecule has 6 rings (SSSR count). The molecule has 2 amide bonds. The number of ether oxygens (including phenoxy) is 1. The Morgan fingerprint density at radius 3 is 2.48 bits per heavy atom. The van der Waals surface area contributed by atoms with Gasteiger partial charge in [-0.3, -0.25) is 25.5 Å². The first-order chi connectivity index (χ1) is 21.9. The maximum Gasteiger partial charge on any atom is 0.275 e. The predicted molar refractivity (Wildman–Crippen MR) is 176 cm³/mol. The van der Waals surface area contributed by atoms with Gasteiger partial charge >= 0.3 is 0 Å². The largest absolute Gasteiger partial charge is 0.495 e. The van der Waals surface area contributed by atoms with Crippen LogP contribution in [0.1, 0.15) is 51.0 Å². The van der Waals surface area contributed by atoms with Gasteiger partial charge in [-0.25, -0.2) is 8.42 Å². The SMILES string of the molecule is CCC1CN(C)C2=C(N[C@@](N)(Nc3cc4c(cc3OC)N(C(=O)CN3CCN(S(C)(=O)=O)CC3)CCC4)NC2=O)N1C1CCCC1. The van der Waals surface area contributed by atoms with Crippen LogP contribution in [0.5, 0.6) is 5.75 Å². The van der Waals surface area contributed by atoms with E-state index in [1.807, 2.05) is 29.0 Å². The molecule has 0 bridgehead atoms. The minimum absolute atomic E-state index is 0.0357. The van der Waals surface area contributed by atoms with Crippen molar-refractivity contribution in [2.45, 2.75) is 69.9 Å². The van der Waals surface area contributed by atoms with Crippen molar-refractivity contribution in [2.75, 3.05) is 76.4 Å². The standard InChI is InChI=1S/C31H49N9O5S/c1-5-22-19-36(2)28-29(40(22)23-10-6-7-11-23)34-31(32,35-30(28)42)33-24-17-21-9-8-12-39(25(21)18-26(24)45-3)27(41)20-37-13-15-38(16-14-37)46(4,43)44/h17-18,22-23,33-34H,5-16,19-20,32H2,1-4H3,(H,35,42)/t22?,31-/m1/s1. The van der Waals surface area contributed by atoms with E-state index in [9.17, 15) is 18.0 Å². The van der Waals surface area contributed by atoms with Gasteiger partial charge in [-0.2, -0.15) is 4.31 Å². The molecule has 1 unspecified atom stereocenters. The van der Waals surface area contributed by atoms with Gasteiger partial charge in [-0.05, 0) is 43.7 Å². The molecule has 4 aliphatic heterocycles. The van der Waals surface area contributed by atoms with Gasteiger partial charge in [0.15, 0.2) is 0 Å². The number of hydrogen-bond donors (Lipinski definition) is 4. The maximum atomic E-state index is 13.6. The zero-order valence-corrected chi connectivity index (χ0v) is 28.3. The molecule has 1 aromatic rings. The fourth-order valence-corrected chi connectivity index (χ4v) is 8.57. The zero-order chi connectivity index (χ0) is 32.8. The number of methoxy groups -OCH3 is 1. The van der Waals surface area contributed by atoms with Crippen molar-refractivity contribution < 1.29 is 22.7 Å². The van der Waals surface area contributed by atoms with E-state index in [2.05, 4.69) is 27.8 Å². The van der Waals surface area contributed by atoms with Gasteiger partial charge in [-0.1, -0.05) is 19.8 Å². The second-order valence-corrected chi connectivity index (χ2v) is 15.2. The van der Waals surface area contributed by atoms with Crippen LogP contribution < -0.4 is 31.3 Å². The number of anilines is 2. The number of benzene rings is 1. The molecule has 1 aromatic carbocycles. The van der Waals surface area contributed by atoms with E-state index in [-0.39, 0.29) is 24.4 Å². The Hall–Kier alpha value is -3.27. The van der Waals surface area contributed by atoms with Gasteiger partial charge in [-0.15, -0.1) is 0 Å². The highest BCUT2D eigenvalue weighted by Crippen LogP contribution is 2.39. The van der Waals surface area contributed by atoms with Crippen molar-refractivity contribution in [3.05, 3.63) is 29.2 Å². The van der Waals surface area contributed by atoms with Crippen LogP contribution in [0.4, 0.5) is 11.4 Å². The van der Waals surface area contributed by atoms with Crippen LogP contribution in [0.2, 0.25) is 0 Å². The van der Waals surface area contributed by atoms with Crippen LogP contribution >= 0.6 is 0 Å². The summed E-state index contributed by atoms with van der Waals surface area (Å²) >= 11 is 0. The van der Waals surface area contributed by atoms with E-state index in [1.54, 1.807) is 12.0 Å². The Balaban J connectivity index is 1.22. The van der Waals surface area contributed by atoms with Gasteiger partial charge < -0.3 is 30.1 Å². The number of likely N-dealkylation sites (N-methyl/N-ethyl adjacent to an activating group) is 1. The van der Waals surface area contributed by atoms with Crippen molar-refractivity contribution in [1.29, 1.82) is 0 Å². The number of nitrogens with zero attached hydrogens (tertiary/aromatic N) is 5. The third-order valence-corrected chi connectivity index (χ3v) is 11.4. The Kier molecular flexibility index (Phi) is 9.04. The smallest absolute Gasteiger partial charge is 0.275 e. The van der Waals surface area contributed by atoms with E-state index < -0.39 is 15.9 Å². The number of nitrogens with two attached hydrogens (primary N) is 1. The summed E-state index contributed by atoms with van der Waals surface area (Å²) < 4.78 is 31.1. The highest BCUT2D eigenvalue weighted by Gasteiger charge is 2.46. The van der Waals surface area contributed by atoms with Gasteiger partial charge in [0.25, 0.3) is 5.91 Å². The second-order valence-electron chi connectivity index (χ2n) is 13.3. The van der Waals surface area contributed by atoms with E-state index >= 15 is 0 Å². The topological polar surface area (TPSA) is 156 Å². The highest BCUT2D eigenvalue weighted by atomic mass is 32.2. The average molecular weight is 660 g/mol. The number of carbonyl (C=O) groups excluding carboxylic acids is 2. The predicted octanol–water partition coefficient (Wildman–Crippen LogP) is 0.391. The van der Waals surface area contributed by atoms with Crippen molar-refractivity contribution in [3.8, 4) is 5.75 Å². The molecule has 2 atom stereocenters. The van der Waals surface area contributed by atoms with Gasteiger partial charge in [0.1, 0.15) is 17.3 Å². The van der Waals surface area contributed by atoms with E-state index in [4.69, 9.17) is 10.5 Å². The molecule has 5 N–H and O–H groups in total. The van der Waals surface area contributed by atoms with E-state index in [0.717, 1.165) is 55.7 Å². The summed E-state index contributed by atoms with van der Waals surface area (Å²) in [6.45, 7) is 5.53. The summed E-state index contributed by atoms with van der Waals surface area (Å²) in [4.78, 5) is 35.4. The quantitative estimate of drug-likeness (QED) is 0.287. The molecule has 1 saturated carbocycles. The highest BCUT2D eigenvalue weighted by molar-refractivity contribution is 7.88. The normalized spacial score (nSPS) is 26.4. The van der Waals surface area contributed by atoms with Crippen LogP contribution in [-0.4, -0.2) is 123 Å². The number of hydrogen-bond acceptors (Lipinski definition) is 11. The van der Waals surface area contributed by atoms with Crippen LogP contribution in [0.25, 0.3) is 0 Å². The maximum absolute atomic E-state index is 13.6. The minimum Gasteiger partial charge on any atom is -0.495 e. The van der Waals surface area contributed by atoms with Crippen LogP contribution in [-0.2, 0) is 26.0 Å². The molecule has 46 heavy (non-hydrogen) atoms. The third-order valence-electron chi connectivity index (χ3n) is 10.1. The summed E-state index contributed by atoms with van der Waals surface area (Å²) in [5.74, 6) is -0.498. The molecule has 2 fully saturated rings. The number of rotatable bonds is 8. The summed E-state index contributed by atoms with van der Waals surface area (Å²) in [6.07, 6.45) is 8.29. The van der Waals surface area contributed by atoms with Crippen LogP contribution in [0, 0.1) is 0 Å². The van der Waals surface area contributed by atoms with Crippen molar-refractivity contribution in [2.24, 2.45) is 5.73 Å². The number of fused-ring (bicyclic) bond motifs is 1. The number of amides is 2. The molecule has 1 aliphatic carbocycles. The van der Waals surface area contributed by atoms with Gasteiger partial charge in [0.2, 0.25) is 21.8 Å². The minimum atomic E-state index is -3.24. The van der Waals surface area contributed by atoms with Crippen LogP contribution in [0.15, 0.2) is 23.7 Å². The first-order valence-electron chi connectivity index (χ1n) is 16.5. The summed E-state index contributed by atoms with van der Waals surface area (Å²) in [7, 11) is 0.289. The molecular weight excluding hydrogens is 610 g/mol. The summed E-state index contributed by atoms with van der Waals surface area (Å²) in [5.41, 5.74) is 9.87. The molecule has 1 saturated heterocycles. The van der Waals surface area contributed by atoms with E-state index in [1.165, 1.54) is 23.4 Å². The van der Waals surface area contributed by atoms with Gasteiger partial charge in [0.05, 0.1) is 31.3 Å². The van der Waals surface area contributed by atoms with Crippen LogP contribution in [0.3, 0.4) is 0 Å². The number of sulfonamides is 1. The molecule has 254 valence electrons. The molecule has 5 aliphatic rings. The molecule has 15 heteroatoms. The second kappa shape index (κ2) is 12.7. The lowest BCUT2D eigenvalue weighted by molar-refractivity contribution is -0.123. The Morgan fingerprint density at radius 2 is 1.83 bits per heavy atom. The molecular formula is C31H49N9O5S. The van der Waals surface area contributed by atoms with Crippen molar-refractivity contribution in [1.82, 2.24) is 29.6 Å². The Labute approximate surface area is 272 Å². The molecule has 14 nitrogen and oxygen atoms in total. The summed E-state index contributed by atoms with van der Waals surface area (Å²) in [5, 5.41) is 9.78. The molecule has 0 radical (unpaired) electrons. The fraction of sp³-hybridized carbons (Fsp3) is 0.677.